The zero-order chi connectivity index (χ0) is 22.0. The van der Waals surface area contributed by atoms with E-state index in [1.807, 2.05) is 39.8 Å². The van der Waals surface area contributed by atoms with Crippen molar-refractivity contribution in [2.24, 2.45) is 0 Å². The first kappa shape index (κ1) is 21.2. The van der Waals surface area contributed by atoms with E-state index in [0.29, 0.717) is 17.9 Å². The van der Waals surface area contributed by atoms with Crippen LogP contribution in [0.15, 0.2) is 24.3 Å². The van der Waals surface area contributed by atoms with Gasteiger partial charge in [0.25, 0.3) is 11.7 Å². The number of hydrogen-bond acceptors (Lipinski definition) is 6. The quantitative estimate of drug-likeness (QED) is 0.639. The number of aryl methyl sites for hydroxylation is 2. The van der Waals surface area contributed by atoms with Gasteiger partial charge >= 0.3 is 0 Å². The van der Waals surface area contributed by atoms with Crippen LogP contribution in [-0.2, 0) is 17.8 Å². The van der Waals surface area contributed by atoms with Crippen molar-refractivity contribution < 1.29 is 9.59 Å². The molecule has 9 nitrogen and oxygen atoms in total. The van der Waals surface area contributed by atoms with Gasteiger partial charge in [0.05, 0.1) is 6.42 Å². The largest absolute Gasteiger partial charge is 0.366 e. The number of anilines is 1. The summed E-state index contributed by atoms with van der Waals surface area (Å²) in [6, 6.07) is 7.40. The van der Waals surface area contributed by atoms with Gasteiger partial charge in [-0.05, 0) is 45.4 Å². The lowest BCUT2D eigenvalue weighted by atomic mass is 10.1. The highest BCUT2D eigenvalue weighted by atomic mass is 16.2. The number of fused-ring (bicyclic) bond motifs is 1. The fourth-order valence-electron chi connectivity index (χ4n) is 3.11. The molecule has 2 amide bonds. The van der Waals surface area contributed by atoms with Crippen molar-refractivity contribution in [1.29, 1.82) is 0 Å². The molecule has 2 heterocycles. The molecule has 3 aromatic rings. The molecule has 0 radical (unpaired) electrons. The molecular weight excluding hydrogens is 382 g/mol. The van der Waals surface area contributed by atoms with Gasteiger partial charge in [-0.1, -0.05) is 12.1 Å². The molecule has 158 valence electrons. The van der Waals surface area contributed by atoms with E-state index in [0.717, 1.165) is 22.5 Å². The Morgan fingerprint density at radius 2 is 1.83 bits per heavy atom. The van der Waals surface area contributed by atoms with Gasteiger partial charge in [0.2, 0.25) is 11.9 Å². The molecule has 3 rings (SSSR count). The number of nitrogens with zero attached hydrogens (tertiary/aromatic N) is 5. The average molecular weight is 409 g/mol. The summed E-state index contributed by atoms with van der Waals surface area (Å²) in [5, 5.41) is 7.03. The molecule has 0 fully saturated rings. The minimum atomic E-state index is -0.130. The summed E-state index contributed by atoms with van der Waals surface area (Å²) in [6.07, 6.45) is 0.177. The molecule has 0 aliphatic heterocycles. The van der Waals surface area contributed by atoms with Crippen LogP contribution in [0.4, 0.5) is 5.95 Å². The van der Waals surface area contributed by atoms with Gasteiger partial charge in [-0.3, -0.25) is 9.59 Å². The molecule has 0 bridgehead atoms. The van der Waals surface area contributed by atoms with Crippen LogP contribution in [0, 0.1) is 13.8 Å². The van der Waals surface area contributed by atoms with Crippen LogP contribution in [0.1, 0.15) is 46.7 Å². The monoisotopic (exact) mass is 409 g/mol. The number of benzene rings is 1. The summed E-state index contributed by atoms with van der Waals surface area (Å²) in [4.78, 5) is 35.0. The second-order valence-electron chi connectivity index (χ2n) is 7.60. The Labute approximate surface area is 175 Å². The van der Waals surface area contributed by atoms with Crippen LogP contribution in [-0.4, -0.2) is 49.4 Å². The number of carbonyl (C=O) groups excluding carboxylic acids is 2. The first-order chi connectivity index (χ1) is 14.2. The standard InChI is InChI=1S/C21H27N7O2/c1-12(2)27(5)19(30)16-8-6-15(7-9-16)11-23-18(29)10-17-13(3)24-21-25-20(22)26-28(21)14(17)4/h6-9,12H,10-11H2,1-5H3,(H2,22,26)(H,23,29). The number of aromatic nitrogens is 4. The van der Waals surface area contributed by atoms with E-state index in [1.54, 1.807) is 28.6 Å². The summed E-state index contributed by atoms with van der Waals surface area (Å²) in [5.74, 6) is 0.413. The molecule has 1 aromatic carbocycles. The average Bonchev–Trinajstić information content (AvgIpc) is 3.09. The number of nitrogens with two attached hydrogens (primary N) is 1. The maximum absolute atomic E-state index is 12.5. The topological polar surface area (TPSA) is 119 Å². The highest BCUT2D eigenvalue weighted by Crippen LogP contribution is 2.15. The van der Waals surface area contributed by atoms with Crippen molar-refractivity contribution in [3.8, 4) is 0 Å². The molecule has 0 saturated carbocycles. The number of nitrogens with one attached hydrogen (secondary N) is 1. The summed E-state index contributed by atoms with van der Waals surface area (Å²) >= 11 is 0. The van der Waals surface area contributed by atoms with Crippen LogP contribution < -0.4 is 11.1 Å². The molecule has 0 aliphatic rings. The van der Waals surface area contributed by atoms with Crippen molar-refractivity contribution in [3.63, 3.8) is 0 Å². The summed E-state index contributed by atoms with van der Waals surface area (Å²) < 4.78 is 1.55. The molecule has 3 N–H and O–H groups in total. The Morgan fingerprint density at radius 1 is 1.17 bits per heavy atom. The zero-order valence-electron chi connectivity index (χ0n) is 17.9. The molecule has 0 saturated heterocycles. The molecular formula is C21H27N7O2. The van der Waals surface area contributed by atoms with Crippen LogP contribution >= 0.6 is 0 Å². The lowest BCUT2D eigenvalue weighted by molar-refractivity contribution is -0.120. The van der Waals surface area contributed by atoms with Crippen molar-refractivity contribution in [2.75, 3.05) is 12.8 Å². The maximum atomic E-state index is 12.5. The molecule has 2 aromatic heterocycles. The van der Waals surface area contributed by atoms with Gasteiger partial charge in [0, 0.05) is 42.1 Å². The minimum absolute atomic E-state index is 0.0248. The highest BCUT2D eigenvalue weighted by Gasteiger charge is 2.16. The molecule has 30 heavy (non-hydrogen) atoms. The normalized spacial score (nSPS) is 11.1. The van der Waals surface area contributed by atoms with Crippen LogP contribution in [0.5, 0.6) is 0 Å². The fourth-order valence-corrected chi connectivity index (χ4v) is 3.11. The SMILES string of the molecule is Cc1nc2nc(N)nn2c(C)c1CC(=O)NCc1ccc(C(=O)N(C)C(C)C)cc1. The Morgan fingerprint density at radius 3 is 2.47 bits per heavy atom. The predicted octanol–water partition coefficient (Wildman–Crippen LogP) is 1.66. The van der Waals surface area contributed by atoms with Crippen molar-refractivity contribution in [1.82, 2.24) is 29.8 Å². The van der Waals surface area contributed by atoms with E-state index in [9.17, 15) is 9.59 Å². The van der Waals surface area contributed by atoms with Crippen LogP contribution in [0.2, 0.25) is 0 Å². The van der Waals surface area contributed by atoms with Crippen LogP contribution in [0.25, 0.3) is 5.78 Å². The predicted molar refractivity (Wildman–Crippen MR) is 114 cm³/mol. The Kier molecular flexibility index (Phi) is 6.00. The van der Waals surface area contributed by atoms with E-state index in [-0.39, 0.29) is 30.2 Å². The maximum Gasteiger partial charge on any atom is 0.254 e. The van der Waals surface area contributed by atoms with Gasteiger partial charge < -0.3 is 16.0 Å². The third kappa shape index (κ3) is 4.40. The summed E-state index contributed by atoms with van der Waals surface area (Å²) in [6.45, 7) is 8.01. The molecule has 0 aliphatic carbocycles. The Balaban J connectivity index is 1.64. The number of amides is 2. The second kappa shape index (κ2) is 8.48. The smallest absolute Gasteiger partial charge is 0.254 e. The van der Waals surface area contributed by atoms with Crippen molar-refractivity contribution in [2.45, 2.75) is 46.7 Å². The Hall–Kier alpha value is -3.49. The van der Waals surface area contributed by atoms with Crippen molar-refractivity contribution >= 4 is 23.5 Å². The van der Waals surface area contributed by atoms with Gasteiger partial charge in [-0.25, -0.2) is 4.98 Å². The Bertz CT molecular complexity index is 1090. The lowest BCUT2D eigenvalue weighted by Crippen LogP contribution is -2.33. The van der Waals surface area contributed by atoms with Gasteiger partial charge in [-0.2, -0.15) is 9.50 Å². The third-order valence-electron chi connectivity index (χ3n) is 5.19. The van der Waals surface area contributed by atoms with Gasteiger partial charge in [0.1, 0.15) is 0 Å². The van der Waals surface area contributed by atoms with E-state index >= 15 is 0 Å². The van der Waals surface area contributed by atoms with E-state index in [1.165, 1.54) is 0 Å². The van der Waals surface area contributed by atoms with Gasteiger partial charge in [-0.15, -0.1) is 5.10 Å². The second-order valence-corrected chi connectivity index (χ2v) is 7.60. The zero-order valence-corrected chi connectivity index (χ0v) is 17.9. The van der Waals surface area contributed by atoms with E-state index in [4.69, 9.17) is 5.73 Å². The first-order valence-corrected chi connectivity index (χ1v) is 9.78. The highest BCUT2D eigenvalue weighted by molar-refractivity contribution is 5.94. The number of rotatable bonds is 6. The molecule has 9 heteroatoms. The summed E-state index contributed by atoms with van der Waals surface area (Å²) in [5.41, 5.74) is 9.49. The molecule has 0 atom stereocenters. The minimum Gasteiger partial charge on any atom is -0.366 e. The molecule has 0 unspecified atom stereocenters. The fraction of sp³-hybridized carbons (Fsp3) is 0.381. The summed E-state index contributed by atoms with van der Waals surface area (Å²) in [7, 11) is 1.78. The van der Waals surface area contributed by atoms with Gasteiger partial charge in [0.15, 0.2) is 0 Å². The van der Waals surface area contributed by atoms with E-state index in [2.05, 4.69) is 20.4 Å². The number of nitrogen functional groups attached to an aromatic ring is 1. The van der Waals surface area contributed by atoms with Crippen LogP contribution in [0.3, 0.4) is 0 Å². The van der Waals surface area contributed by atoms with E-state index < -0.39 is 0 Å². The third-order valence-corrected chi connectivity index (χ3v) is 5.19. The first-order valence-electron chi connectivity index (χ1n) is 9.78. The number of carbonyl (C=O) groups is 2. The van der Waals surface area contributed by atoms with Crippen molar-refractivity contribution in [3.05, 3.63) is 52.3 Å². The number of hydrogen-bond donors (Lipinski definition) is 2. The molecule has 0 spiro atoms. The lowest BCUT2D eigenvalue weighted by Gasteiger charge is -2.21.